The number of carbonyl (C=O) groups excluding carboxylic acids is 2. The van der Waals surface area contributed by atoms with Gasteiger partial charge in [0.15, 0.2) is 5.41 Å². The molecular formula is C20H18O4. The Morgan fingerprint density at radius 2 is 1.88 bits per heavy atom. The monoisotopic (exact) mass is 322 g/mol. The highest BCUT2D eigenvalue weighted by Gasteiger charge is 2.68. The molecule has 0 N–H and O–H groups in total. The van der Waals surface area contributed by atoms with Crippen molar-refractivity contribution in [1.82, 2.24) is 0 Å². The summed E-state index contributed by atoms with van der Waals surface area (Å²) in [6.45, 7) is 2.00. The van der Waals surface area contributed by atoms with Gasteiger partial charge in [-0.1, -0.05) is 48.5 Å². The highest BCUT2D eigenvalue weighted by molar-refractivity contribution is 6.05. The van der Waals surface area contributed by atoms with Crippen LogP contribution in [0.3, 0.4) is 0 Å². The SMILES string of the molecule is CCOC(=O)[C@]12C[C@H](c3ccccc3)[C@H]1c1ccccc1OC2=O. The highest BCUT2D eigenvalue weighted by atomic mass is 16.6. The van der Waals surface area contributed by atoms with Gasteiger partial charge >= 0.3 is 11.9 Å². The maximum atomic E-state index is 12.7. The maximum Gasteiger partial charge on any atom is 0.329 e. The molecule has 0 aromatic heterocycles. The molecule has 1 aliphatic heterocycles. The molecule has 24 heavy (non-hydrogen) atoms. The normalized spacial score (nSPS) is 27.3. The Balaban J connectivity index is 1.83. The van der Waals surface area contributed by atoms with Gasteiger partial charge in [0, 0.05) is 11.5 Å². The van der Waals surface area contributed by atoms with Crippen LogP contribution >= 0.6 is 0 Å². The average Bonchev–Trinajstić information content (AvgIpc) is 2.56. The molecule has 4 rings (SSSR count). The van der Waals surface area contributed by atoms with Crippen molar-refractivity contribution in [2.24, 2.45) is 5.41 Å². The van der Waals surface area contributed by atoms with Gasteiger partial charge in [-0.05, 0) is 30.9 Å². The summed E-state index contributed by atoms with van der Waals surface area (Å²) in [6.07, 6.45) is 0.424. The summed E-state index contributed by atoms with van der Waals surface area (Å²) in [6, 6.07) is 17.5. The summed E-state index contributed by atoms with van der Waals surface area (Å²) in [5.74, 6) is -0.549. The number of rotatable bonds is 3. The molecule has 4 nitrogen and oxygen atoms in total. The van der Waals surface area contributed by atoms with Gasteiger partial charge in [0.25, 0.3) is 0 Å². The molecule has 2 aliphatic rings. The minimum Gasteiger partial charge on any atom is -0.465 e. The van der Waals surface area contributed by atoms with E-state index in [0.717, 1.165) is 11.1 Å². The highest BCUT2D eigenvalue weighted by Crippen LogP contribution is 2.65. The first-order valence-electron chi connectivity index (χ1n) is 8.22. The fourth-order valence-electron chi connectivity index (χ4n) is 4.05. The Kier molecular flexibility index (Phi) is 3.41. The molecule has 1 aliphatic carbocycles. The number of esters is 2. The summed E-state index contributed by atoms with van der Waals surface area (Å²) in [5, 5.41) is 0. The largest absolute Gasteiger partial charge is 0.465 e. The van der Waals surface area contributed by atoms with Gasteiger partial charge in [0.2, 0.25) is 0 Å². The van der Waals surface area contributed by atoms with Crippen LogP contribution in [0.25, 0.3) is 0 Å². The Morgan fingerprint density at radius 3 is 2.62 bits per heavy atom. The van der Waals surface area contributed by atoms with E-state index in [9.17, 15) is 9.59 Å². The lowest BCUT2D eigenvalue weighted by molar-refractivity contribution is -0.180. The minimum atomic E-state index is -1.22. The minimum absolute atomic E-state index is 0.101. The van der Waals surface area contributed by atoms with Crippen molar-refractivity contribution in [3.63, 3.8) is 0 Å². The van der Waals surface area contributed by atoms with Crippen LogP contribution in [0.15, 0.2) is 54.6 Å². The number of hydrogen-bond acceptors (Lipinski definition) is 4. The summed E-state index contributed by atoms with van der Waals surface area (Å²) in [5.41, 5.74) is 0.822. The number of carbonyl (C=O) groups is 2. The Morgan fingerprint density at radius 1 is 1.17 bits per heavy atom. The summed E-state index contributed by atoms with van der Waals surface area (Å²) in [7, 11) is 0. The number of ether oxygens (including phenoxy) is 2. The van der Waals surface area contributed by atoms with E-state index in [4.69, 9.17) is 9.47 Å². The predicted octanol–water partition coefficient (Wildman–Crippen LogP) is 3.43. The molecule has 0 amide bonds. The second-order valence-electron chi connectivity index (χ2n) is 6.32. The van der Waals surface area contributed by atoms with E-state index in [0.29, 0.717) is 12.2 Å². The fourth-order valence-corrected chi connectivity index (χ4v) is 4.05. The summed E-state index contributed by atoms with van der Waals surface area (Å²) >= 11 is 0. The molecule has 0 unspecified atom stereocenters. The first-order chi connectivity index (χ1) is 11.7. The zero-order chi connectivity index (χ0) is 16.7. The molecule has 4 heteroatoms. The van der Waals surface area contributed by atoms with E-state index in [1.165, 1.54) is 0 Å². The molecule has 0 saturated heterocycles. The van der Waals surface area contributed by atoms with Crippen molar-refractivity contribution in [3.8, 4) is 5.75 Å². The van der Waals surface area contributed by atoms with E-state index in [-0.39, 0.29) is 18.4 Å². The van der Waals surface area contributed by atoms with Gasteiger partial charge < -0.3 is 9.47 Å². The lowest BCUT2D eigenvalue weighted by Crippen LogP contribution is -2.59. The number of para-hydroxylation sites is 1. The molecule has 1 saturated carbocycles. The molecule has 122 valence electrons. The standard InChI is InChI=1S/C20H18O4/c1-2-23-18(21)20-12-15(13-8-4-3-5-9-13)17(20)14-10-6-7-11-16(14)24-19(20)22/h3-11,15,17H,2,12H2,1H3/t15-,17-,20+/m1/s1. The smallest absolute Gasteiger partial charge is 0.329 e. The van der Waals surface area contributed by atoms with Crippen LogP contribution in [0.4, 0.5) is 0 Å². The molecule has 0 spiro atoms. The van der Waals surface area contributed by atoms with Crippen molar-refractivity contribution in [2.45, 2.75) is 25.2 Å². The fraction of sp³-hybridized carbons (Fsp3) is 0.300. The van der Waals surface area contributed by atoms with Crippen molar-refractivity contribution in [2.75, 3.05) is 6.61 Å². The molecule has 3 atom stereocenters. The Labute approximate surface area is 140 Å². The zero-order valence-corrected chi connectivity index (χ0v) is 13.4. The van der Waals surface area contributed by atoms with Gasteiger partial charge in [0.1, 0.15) is 5.75 Å². The molecule has 0 radical (unpaired) electrons. The van der Waals surface area contributed by atoms with Crippen LogP contribution in [-0.2, 0) is 14.3 Å². The topological polar surface area (TPSA) is 52.6 Å². The summed E-state index contributed by atoms with van der Waals surface area (Å²) < 4.78 is 10.7. The van der Waals surface area contributed by atoms with E-state index in [1.54, 1.807) is 13.0 Å². The first-order valence-corrected chi connectivity index (χ1v) is 8.22. The second kappa shape index (κ2) is 5.48. The van der Waals surface area contributed by atoms with Crippen molar-refractivity contribution in [3.05, 3.63) is 65.7 Å². The molecule has 1 heterocycles. The Bertz CT molecular complexity index is 798. The van der Waals surface area contributed by atoms with Crippen molar-refractivity contribution in [1.29, 1.82) is 0 Å². The van der Waals surface area contributed by atoms with E-state index in [1.807, 2.05) is 48.5 Å². The van der Waals surface area contributed by atoms with Gasteiger partial charge in [-0.15, -0.1) is 0 Å². The van der Waals surface area contributed by atoms with Crippen LogP contribution in [0, 0.1) is 5.41 Å². The van der Waals surface area contributed by atoms with Gasteiger partial charge in [-0.3, -0.25) is 9.59 Å². The molecule has 2 aromatic rings. The lowest BCUT2D eigenvalue weighted by atomic mass is 9.49. The third-order valence-corrected chi connectivity index (χ3v) is 5.16. The van der Waals surface area contributed by atoms with Crippen LogP contribution < -0.4 is 4.74 Å². The van der Waals surface area contributed by atoms with Crippen LogP contribution in [0.5, 0.6) is 5.75 Å². The molecule has 0 bridgehead atoms. The lowest BCUT2D eigenvalue weighted by Gasteiger charge is -2.53. The van der Waals surface area contributed by atoms with Crippen LogP contribution in [0.1, 0.15) is 36.3 Å². The number of fused-ring (bicyclic) bond motifs is 3. The molecule has 1 fully saturated rings. The van der Waals surface area contributed by atoms with Crippen LogP contribution in [-0.4, -0.2) is 18.5 Å². The number of hydrogen-bond donors (Lipinski definition) is 0. The first kappa shape index (κ1) is 14.9. The average molecular weight is 322 g/mol. The van der Waals surface area contributed by atoms with Gasteiger partial charge in [-0.2, -0.15) is 0 Å². The third-order valence-electron chi connectivity index (χ3n) is 5.16. The van der Waals surface area contributed by atoms with Crippen molar-refractivity contribution >= 4 is 11.9 Å². The maximum absolute atomic E-state index is 12.7. The predicted molar refractivity (Wildman–Crippen MR) is 87.7 cm³/mol. The van der Waals surface area contributed by atoms with E-state index in [2.05, 4.69) is 0 Å². The van der Waals surface area contributed by atoms with Gasteiger partial charge in [0.05, 0.1) is 6.61 Å². The Hall–Kier alpha value is -2.62. The quantitative estimate of drug-likeness (QED) is 0.493. The third kappa shape index (κ3) is 1.92. The summed E-state index contributed by atoms with van der Waals surface area (Å²) in [4.78, 5) is 25.4. The second-order valence-corrected chi connectivity index (χ2v) is 6.32. The van der Waals surface area contributed by atoms with Crippen molar-refractivity contribution < 1.29 is 19.1 Å². The van der Waals surface area contributed by atoms with Crippen LogP contribution in [0.2, 0.25) is 0 Å². The van der Waals surface area contributed by atoms with E-state index < -0.39 is 17.4 Å². The molecular weight excluding hydrogens is 304 g/mol. The molecule has 2 aromatic carbocycles. The van der Waals surface area contributed by atoms with Gasteiger partial charge in [-0.25, -0.2) is 0 Å². The zero-order valence-electron chi connectivity index (χ0n) is 13.4. The van der Waals surface area contributed by atoms with E-state index >= 15 is 0 Å². The number of benzene rings is 2.